The first kappa shape index (κ1) is 14.1. The van der Waals surface area contributed by atoms with Crippen molar-refractivity contribution in [1.29, 1.82) is 0 Å². The van der Waals surface area contributed by atoms with E-state index in [2.05, 4.69) is 49.2 Å². The van der Waals surface area contributed by atoms with E-state index >= 15 is 0 Å². The molecule has 2 rings (SSSR count). The zero-order valence-electron chi connectivity index (χ0n) is 11.6. The molecule has 0 fully saturated rings. The molecule has 0 amide bonds. The van der Waals surface area contributed by atoms with Gasteiger partial charge in [0.2, 0.25) is 0 Å². The number of nitrogens with zero attached hydrogens (tertiary/aromatic N) is 1. The number of benzene rings is 1. The van der Waals surface area contributed by atoms with Gasteiger partial charge >= 0.3 is 0 Å². The van der Waals surface area contributed by atoms with Crippen LogP contribution in [0, 0.1) is 0 Å². The second-order valence-electron chi connectivity index (χ2n) is 5.03. The van der Waals surface area contributed by atoms with Gasteiger partial charge < -0.3 is 5.73 Å². The van der Waals surface area contributed by atoms with Crippen LogP contribution in [0.15, 0.2) is 52.4 Å². The maximum absolute atomic E-state index is 5.79. The quantitative estimate of drug-likeness (QED) is 0.898. The van der Waals surface area contributed by atoms with Gasteiger partial charge in [0.05, 0.1) is 5.69 Å². The van der Waals surface area contributed by atoms with Crippen molar-refractivity contribution in [3.8, 4) is 0 Å². The number of rotatable bonds is 4. The molecule has 0 unspecified atom stereocenters. The number of pyridine rings is 1. The van der Waals surface area contributed by atoms with Crippen molar-refractivity contribution in [1.82, 2.24) is 4.98 Å². The summed E-state index contributed by atoms with van der Waals surface area (Å²) in [6.07, 6.45) is 1.89. The average molecular weight is 272 g/mol. The van der Waals surface area contributed by atoms with Crippen LogP contribution in [0.3, 0.4) is 0 Å². The first-order chi connectivity index (χ1) is 9.06. The zero-order chi connectivity index (χ0) is 13.8. The second-order valence-corrected chi connectivity index (χ2v) is 6.18. The average Bonchev–Trinajstić information content (AvgIpc) is 2.40. The maximum Gasteiger partial charge on any atom is 0.0569 e. The van der Waals surface area contributed by atoms with Crippen molar-refractivity contribution in [2.24, 2.45) is 5.73 Å². The standard InChI is InChI=1S/C16H20N2S/c1-11(2)13-4-6-14(7-5-13)19-15-8-9-16(12(3)17)18-10-15/h4-12H,17H2,1-3H3/t12-/m1/s1. The Morgan fingerprint density at radius 2 is 1.58 bits per heavy atom. The van der Waals surface area contributed by atoms with Gasteiger partial charge in [0.1, 0.15) is 0 Å². The lowest BCUT2D eigenvalue weighted by atomic mass is 10.0. The van der Waals surface area contributed by atoms with Crippen molar-refractivity contribution < 1.29 is 0 Å². The highest BCUT2D eigenvalue weighted by molar-refractivity contribution is 7.99. The Balaban J connectivity index is 2.08. The Labute approximate surface area is 119 Å². The summed E-state index contributed by atoms with van der Waals surface area (Å²) in [6.45, 7) is 6.36. The largest absolute Gasteiger partial charge is 0.323 e. The molecule has 19 heavy (non-hydrogen) atoms. The molecule has 1 heterocycles. The molecule has 2 nitrogen and oxygen atoms in total. The molecule has 0 aliphatic heterocycles. The smallest absolute Gasteiger partial charge is 0.0569 e. The van der Waals surface area contributed by atoms with Gasteiger partial charge in [0.25, 0.3) is 0 Å². The molecule has 2 N–H and O–H groups in total. The fraction of sp³-hybridized carbons (Fsp3) is 0.312. The third-order valence-electron chi connectivity index (χ3n) is 3.01. The summed E-state index contributed by atoms with van der Waals surface area (Å²) in [5.41, 5.74) is 8.09. The van der Waals surface area contributed by atoms with Crippen molar-refractivity contribution >= 4 is 11.8 Å². The number of nitrogens with two attached hydrogens (primary N) is 1. The topological polar surface area (TPSA) is 38.9 Å². The number of aromatic nitrogens is 1. The number of hydrogen-bond acceptors (Lipinski definition) is 3. The molecule has 0 saturated carbocycles. The van der Waals surface area contributed by atoms with E-state index in [1.165, 1.54) is 10.5 Å². The van der Waals surface area contributed by atoms with Crippen molar-refractivity contribution in [2.75, 3.05) is 0 Å². The molecule has 0 aliphatic carbocycles. The third kappa shape index (κ3) is 3.82. The Hall–Kier alpha value is -1.32. The first-order valence-electron chi connectivity index (χ1n) is 6.55. The minimum Gasteiger partial charge on any atom is -0.323 e. The van der Waals surface area contributed by atoms with Gasteiger partial charge in [-0.25, -0.2) is 0 Å². The van der Waals surface area contributed by atoms with Crippen molar-refractivity contribution in [2.45, 2.75) is 42.5 Å². The minimum absolute atomic E-state index is 0.00984. The van der Waals surface area contributed by atoms with E-state index in [4.69, 9.17) is 5.73 Å². The molecule has 1 aromatic heterocycles. The van der Waals surface area contributed by atoms with Crippen LogP contribution in [0.2, 0.25) is 0 Å². The Kier molecular flexibility index (Phi) is 4.61. The van der Waals surface area contributed by atoms with E-state index in [1.54, 1.807) is 11.8 Å². The normalized spacial score (nSPS) is 12.7. The monoisotopic (exact) mass is 272 g/mol. The predicted octanol–water partition coefficient (Wildman–Crippen LogP) is 4.38. The summed E-state index contributed by atoms with van der Waals surface area (Å²) in [4.78, 5) is 6.75. The van der Waals surface area contributed by atoms with Crippen LogP contribution in [-0.4, -0.2) is 4.98 Å². The van der Waals surface area contributed by atoms with E-state index in [0.29, 0.717) is 5.92 Å². The molecule has 0 spiro atoms. The van der Waals surface area contributed by atoms with E-state index < -0.39 is 0 Å². The van der Waals surface area contributed by atoms with Crippen LogP contribution in [0.25, 0.3) is 0 Å². The Morgan fingerprint density at radius 1 is 0.947 bits per heavy atom. The zero-order valence-corrected chi connectivity index (χ0v) is 12.4. The van der Waals surface area contributed by atoms with Gasteiger partial charge in [0, 0.05) is 22.0 Å². The highest BCUT2D eigenvalue weighted by atomic mass is 32.2. The van der Waals surface area contributed by atoms with Crippen LogP contribution in [-0.2, 0) is 0 Å². The minimum atomic E-state index is -0.00984. The lowest BCUT2D eigenvalue weighted by molar-refractivity contribution is 0.777. The molecule has 0 radical (unpaired) electrons. The first-order valence-corrected chi connectivity index (χ1v) is 7.37. The Morgan fingerprint density at radius 3 is 2.05 bits per heavy atom. The van der Waals surface area contributed by atoms with Gasteiger partial charge in [0.15, 0.2) is 0 Å². The molecular weight excluding hydrogens is 252 g/mol. The third-order valence-corrected chi connectivity index (χ3v) is 3.99. The van der Waals surface area contributed by atoms with E-state index in [0.717, 1.165) is 10.6 Å². The summed E-state index contributed by atoms with van der Waals surface area (Å²) in [5.74, 6) is 0.575. The molecular formula is C16H20N2S. The predicted molar refractivity (Wildman–Crippen MR) is 81.5 cm³/mol. The van der Waals surface area contributed by atoms with Gasteiger partial charge in [-0.2, -0.15) is 0 Å². The summed E-state index contributed by atoms with van der Waals surface area (Å²) in [5, 5.41) is 0. The summed E-state index contributed by atoms with van der Waals surface area (Å²) in [7, 11) is 0. The van der Waals surface area contributed by atoms with E-state index in [1.807, 2.05) is 19.2 Å². The molecule has 1 atom stereocenters. The Bertz CT molecular complexity index is 466. The fourth-order valence-corrected chi connectivity index (χ4v) is 2.56. The lowest BCUT2D eigenvalue weighted by Crippen LogP contribution is -2.06. The molecule has 1 aromatic carbocycles. The van der Waals surface area contributed by atoms with Gasteiger partial charge in [-0.05, 0) is 42.7 Å². The highest BCUT2D eigenvalue weighted by Gasteiger charge is 2.03. The fourth-order valence-electron chi connectivity index (χ4n) is 1.78. The van der Waals surface area contributed by atoms with Crippen LogP contribution in [0.5, 0.6) is 0 Å². The lowest BCUT2D eigenvalue weighted by Gasteiger charge is -2.08. The van der Waals surface area contributed by atoms with Crippen LogP contribution in [0.1, 0.15) is 44.0 Å². The van der Waals surface area contributed by atoms with Crippen LogP contribution < -0.4 is 5.73 Å². The van der Waals surface area contributed by atoms with Gasteiger partial charge in [-0.3, -0.25) is 4.98 Å². The molecule has 0 bridgehead atoms. The van der Waals surface area contributed by atoms with Crippen LogP contribution in [0.4, 0.5) is 0 Å². The van der Waals surface area contributed by atoms with E-state index in [9.17, 15) is 0 Å². The number of hydrogen-bond donors (Lipinski definition) is 1. The molecule has 0 saturated heterocycles. The molecule has 0 aliphatic rings. The summed E-state index contributed by atoms with van der Waals surface area (Å²) in [6, 6.07) is 12.8. The summed E-state index contributed by atoms with van der Waals surface area (Å²) >= 11 is 1.73. The van der Waals surface area contributed by atoms with Crippen molar-refractivity contribution in [3.05, 3.63) is 53.9 Å². The molecule has 2 aromatic rings. The van der Waals surface area contributed by atoms with Gasteiger partial charge in [-0.15, -0.1) is 0 Å². The SMILES string of the molecule is CC(C)c1ccc(Sc2ccc([C@@H](C)N)nc2)cc1. The molecule has 100 valence electrons. The molecule has 3 heteroatoms. The van der Waals surface area contributed by atoms with Gasteiger partial charge in [-0.1, -0.05) is 37.7 Å². The van der Waals surface area contributed by atoms with Crippen LogP contribution >= 0.6 is 11.8 Å². The second kappa shape index (κ2) is 6.22. The van der Waals surface area contributed by atoms with E-state index in [-0.39, 0.29) is 6.04 Å². The van der Waals surface area contributed by atoms with Crippen molar-refractivity contribution in [3.63, 3.8) is 0 Å². The maximum atomic E-state index is 5.79. The summed E-state index contributed by atoms with van der Waals surface area (Å²) < 4.78 is 0. The highest BCUT2D eigenvalue weighted by Crippen LogP contribution is 2.28.